The fraction of sp³-hybridized carbons (Fsp3) is 0.267. The van der Waals surface area contributed by atoms with Crippen molar-refractivity contribution < 1.29 is 9.53 Å². The summed E-state index contributed by atoms with van der Waals surface area (Å²) in [6.07, 6.45) is 0. The van der Waals surface area contributed by atoms with Gasteiger partial charge >= 0.3 is 5.97 Å². The molecule has 0 radical (unpaired) electrons. The molecule has 0 bridgehead atoms. The lowest BCUT2D eigenvalue weighted by Gasteiger charge is -2.18. The standard InChI is InChI=1S/C15H16INO2S/c1-15(2,3)19-14(18)13-11(17)8-12(20-13)9-5-4-6-10(16)7-9/h4-8H,17H2,1-3H3. The summed E-state index contributed by atoms with van der Waals surface area (Å²) in [7, 11) is 0. The minimum atomic E-state index is -0.518. The molecule has 0 saturated carbocycles. The molecule has 106 valence electrons. The van der Waals surface area contributed by atoms with E-state index in [9.17, 15) is 4.79 Å². The van der Waals surface area contributed by atoms with E-state index in [-0.39, 0.29) is 5.97 Å². The van der Waals surface area contributed by atoms with Gasteiger partial charge in [-0.15, -0.1) is 11.3 Å². The summed E-state index contributed by atoms with van der Waals surface area (Å²) in [6, 6.07) is 9.91. The first-order valence-electron chi connectivity index (χ1n) is 6.15. The fourth-order valence-corrected chi connectivity index (χ4v) is 3.17. The Bertz CT molecular complexity index is 644. The minimum absolute atomic E-state index is 0.364. The number of hydrogen-bond donors (Lipinski definition) is 1. The third-order valence-corrected chi connectivity index (χ3v) is 4.31. The van der Waals surface area contributed by atoms with Gasteiger partial charge in [0.25, 0.3) is 0 Å². The molecule has 0 saturated heterocycles. The molecular formula is C15H16INO2S. The first-order valence-corrected chi connectivity index (χ1v) is 8.04. The van der Waals surface area contributed by atoms with E-state index in [1.165, 1.54) is 11.3 Å². The van der Waals surface area contributed by atoms with E-state index in [4.69, 9.17) is 10.5 Å². The highest BCUT2D eigenvalue weighted by atomic mass is 127. The number of carbonyl (C=O) groups is 1. The van der Waals surface area contributed by atoms with Crippen LogP contribution in [0.15, 0.2) is 30.3 Å². The number of anilines is 1. The van der Waals surface area contributed by atoms with Crippen LogP contribution in [0.2, 0.25) is 0 Å². The van der Waals surface area contributed by atoms with Crippen LogP contribution >= 0.6 is 33.9 Å². The molecule has 2 rings (SSSR count). The first kappa shape index (κ1) is 15.3. The maximum atomic E-state index is 12.1. The number of thiophene rings is 1. The molecule has 2 aromatic rings. The molecule has 0 aliphatic rings. The van der Waals surface area contributed by atoms with Gasteiger partial charge in [0, 0.05) is 8.45 Å². The molecule has 0 aliphatic heterocycles. The molecule has 0 unspecified atom stereocenters. The Balaban J connectivity index is 2.33. The Hall–Kier alpha value is -1.08. The molecule has 5 heteroatoms. The van der Waals surface area contributed by atoms with Crippen molar-refractivity contribution in [1.29, 1.82) is 0 Å². The number of rotatable bonds is 2. The van der Waals surface area contributed by atoms with E-state index in [1.54, 1.807) is 0 Å². The molecule has 1 heterocycles. The second-order valence-electron chi connectivity index (χ2n) is 5.41. The average molecular weight is 401 g/mol. The first-order chi connectivity index (χ1) is 9.26. The average Bonchev–Trinajstić information content (AvgIpc) is 2.69. The van der Waals surface area contributed by atoms with Crippen LogP contribution in [0.3, 0.4) is 0 Å². The summed E-state index contributed by atoms with van der Waals surface area (Å²) in [5, 5.41) is 0. The van der Waals surface area contributed by atoms with Gasteiger partial charge < -0.3 is 10.5 Å². The van der Waals surface area contributed by atoms with Gasteiger partial charge in [0.05, 0.1) is 5.69 Å². The van der Waals surface area contributed by atoms with Gasteiger partial charge in [0.1, 0.15) is 10.5 Å². The molecule has 0 spiro atoms. The molecule has 0 aliphatic carbocycles. The second-order valence-corrected chi connectivity index (χ2v) is 7.71. The topological polar surface area (TPSA) is 52.3 Å². The number of benzene rings is 1. The maximum absolute atomic E-state index is 12.1. The van der Waals surface area contributed by atoms with Gasteiger partial charge in [0.2, 0.25) is 0 Å². The van der Waals surface area contributed by atoms with Gasteiger partial charge in [-0.05, 0) is 67.1 Å². The number of nitrogen functional groups attached to an aromatic ring is 1. The van der Waals surface area contributed by atoms with Crippen LogP contribution < -0.4 is 5.73 Å². The molecule has 3 nitrogen and oxygen atoms in total. The van der Waals surface area contributed by atoms with E-state index in [0.29, 0.717) is 10.6 Å². The highest BCUT2D eigenvalue weighted by Gasteiger charge is 2.22. The largest absolute Gasteiger partial charge is 0.456 e. The van der Waals surface area contributed by atoms with Crippen LogP contribution in [-0.2, 0) is 4.74 Å². The quantitative estimate of drug-likeness (QED) is 0.593. The number of carbonyl (C=O) groups excluding carboxylic acids is 1. The predicted octanol–water partition coefficient (Wildman–Crippen LogP) is 4.56. The van der Waals surface area contributed by atoms with Crippen LogP contribution in [0.5, 0.6) is 0 Å². The van der Waals surface area contributed by atoms with E-state index in [0.717, 1.165) is 14.0 Å². The monoisotopic (exact) mass is 401 g/mol. The fourth-order valence-electron chi connectivity index (χ4n) is 1.67. The lowest BCUT2D eigenvalue weighted by atomic mass is 10.2. The predicted molar refractivity (Wildman–Crippen MR) is 92.1 cm³/mol. The molecule has 2 N–H and O–H groups in total. The molecular weight excluding hydrogens is 385 g/mol. The highest BCUT2D eigenvalue weighted by Crippen LogP contribution is 2.34. The summed E-state index contributed by atoms with van der Waals surface area (Å²) < 4.78 is 6.51. The van der Waals surface area contributed by atoms with Gasteiger partial charge in [-0.2, -0.15) is 0 Å². The lowest BCUT2D eigenvalue weighted by Crippen LogP contribution is -2.23. The number of ether oxygens (including phenoxy) is 1. The van der Waals surface area contributed by atoms with Crippen LogP contribution in [0, 0.1) is 3.57 Å². The Labute approximate surface area is 136 Å². The zero-order valence-electron chi connectivity index (χ0n) is 11.6. The lowest BCUT2D eigenvalue weighted by molar-refractivity contribution is 0.00764. The zero-order valence-corrected chi connectivity index (χ0v) is 14.5. The summed E-state index contributed by atoms with van der Waals surface area (Å²) >= 11 is 3.63. The minimum Gasteiger partial charge on any atom is -0.456 e. The highest BCUT2D eigenvalue weighted by molar-refractivity contribution is 14.1. The van der Waals surface area contributed by atoms with Crippen molar-refractivity contribution in [2.24, 2.45) is 0 Å². The smallest absolute Gasteiger partial charge is 0.350 e. The van der Waals surface area contributed by atoms with Crippen molar-refractivity contribution in [3.63, 3.8) is 0 Å². The van der Waals surface area contributed by atoms with Crippen molar-refractivity contribution in [1.82, 2.24) is 0 Å². The van der Waals surface area contributed by atoms with Crippen LogP contribution in [0.25, 0.3) is 10.4 Å². The molecule has 0 atom stereocenters. The summed E-state index contributed by atoms with van der Waals surface area (Å²) in [4.78, 5) is 13.5. The van der Waals surface area contributed by atoms with Crippen LogP contribution in [0.4, 0.5) is 5.69 Å². The van der Waals surface area contributed by atoms with E-state index >= 15 is 0 Å². The number of hydrogen-bond acceptors (Lipinski definition) is 4. The van der Waals surface area contributed by atoms with E-state index in [1.807, 2.05) is 45.0 Å². The zero-order chi connectivity index (χ0) is 14.9. The van der Waals surface area contributed by atoms with Crippen molar-refractivity contribution >= 4 is 45.6 Å². The number of esters is 1. The summed E-state index contributed by atoms with van der Waals surface area (Å²) in [5.74, 6) is -0.364. The van der Waals surface area contributed by atoms with Gasteiger partial charge in [0.15, 0.2) is 0 Å². The van der Waals surface area contributed by atoms with Crippen molar-refractivity contribution in [2.75, 3.05) is 5.73 Å². The van der Waals surface area contributed by atoms with Crippen molar-refractivity contribution in [2.45, 2.75) is 26.4 Å². The third-order valence-electron chi connectivity index (χ3n) is 2.45. The second kappa shape index (κ2) is 5.73. The molecule has 1 aromatic heterocycles. The molecule has 0 fully saturated rings. The Morgan fingerprint density at radius 2 is 2.00 bits per heavy atom. The molecule has 1 aromatic carbocycles. The third kappa shape index (κ3) is 3.73. The SMILES string of the molecule is CC(C)(C)OC(=O)c1sc(-c2cccc(I)c2)cc1N. The van der Waals surface area contributed by atoms with E-state index in [2.05, 4.69) is 28.7 Å². The number of nitrogens with two attached hydrogens (primary N) is 1. The Morgan fingerprint density at radius 1 is 1.30 bits per heavy atom. The van der Waals surface area contributed by atoms with Gasteiger partial charge in [-0.3, -0.25) is 0 Å². The molecule has 20 heavy (non-hydrogen) atoms. The van der Waals surface area contributed by atoms with Crippen molar-refractivity contribution in [3.8, 4) is 10.4 Å². The normalized spacial score (nSPS) is 11.4. The number of halogens is 1. The Kier molecular flexibility index (Phi) is 4.39. The summed E-state index contributed by atoms with van der Waals surface area (Å²) in [6.45, 7) is 5.53. The van der Waals surface area contributed by atoms with Gasteiger partial charge in [-0.1, -0.05) is 12.1 Å². The van der Waals surface area contributed by atoms with Crippen LogP contribution in [0.1, 0.15) is 30.4 Å². The van der Waals surface area contributed by atoms with Crippen LogP contribution in [-0.4, -0.2) is 11.6 Å². The van der Waals surface area contributed by atoms with Gasteiger partial charge in [-0.25, -0.2) is 4.79 Å². The summed E-state index contributed by atoms with van der Waals surface area (Å²) in [5.41, 5.74) is 6.96. The van der Waals surface area contributed by atoms with Crippen molar-refractivity contribution in [3.05, 3.63) is 38.8 Å². The van der Waals surface area contributed by atoms with E-state index < -0.39 is 5.60 Å². The Morgan fingerprint density at radius 3 is 2.60 bits per heavy atom. The maximum Gasteiger partial charge on any atom is 0.350 e. The molecule has 0 amide bonds.